The number of rotatable bonds is 0. The average Bonchev–Trinajstić information content (AvgIpc) is 2.77. The second-order valence-corrected chi connectivity index (χ2v) is 8.89. The fourth-order valence-electron chi connectivity index (χ4n) is 6.70. The van der Waals surface area contributed by atoms with Crippen molar-refractivity contribution in [3.05, 3.63) is 11.1 Å². The molecule has 4 aliphatic carbocycles. The van der Waals surface area contributed by atoms with E-state index in [0.29, 0.717) is 35.7 Å². The fourth-order valence-corrected chi connectivity index (χ4v) is 6.70. The second kappa shape index (κ2) is 4.55. The van der Waals surface area contributed by atoms with Crippen LogP contribution in [-0.4, -0.2) is 11.6 Å². The molecule has 2 heteroatoms. The molecule has 1 unspecified atom stereocenters. The molecule has 3 saturated carbocycles. The largest absolute Gasteiger partial charge is 0.299 e. The van der Waals surface area contributed by atoms with Crippen molar-refractivity contribution in [3.63, 3.8) is 0 Å². The van der Waals surface area contributed by atoms with Crippen LogP contribution >= 0.6 is 0 Å². The standard InChI is InChI=1S/C20H28O2/c1-12-10-14-15-4-5-18(22)20(15,3)9-7-16(14)19(2)8-6-13(21)11-17(12)19/h14-16H,4-11H2,1-3H3/t14?,15-,16-,19+,20-/m0/s1. The Kier molecular flexibility index (Phi) is 3.03. The van der Waals surface area contributed by atoms with Gasteiger partial charge < -0.3 is 0 Å². The SMILES string of the molecule is CC1=C2CC(=O)CC[C@]2(C)[C@H]2CC[C@]3(C)C(=O)CC[C@H]3C2C1. The van der Waals surface area contributed by atoms with Crippen LogP contribution in [0.3, 0.4) is 0 Å². The van der Waals surface area contributed by atoms with Crippen LogP contribution in [-0.2, 0) is 9.59 Å². The summed E-state index contributed by atoms with van der Waals surface area (Å²) in [6.45, 7) is 6.92. The molecule has 0 aliphatic heterocycles. The van der Waals surface area contributed by atoms with Gasteiger partial charge in [-0.1, -0.05) is 25.0 Å². The molecule has 0 spiro atoms. The Bertz CT molecular complexity index is 587. The first-order valence-electron chi connectivity index (χ1n) is 9.10. The molecule has 120 valence electrons. The normalized spacial score (nSPS) is 48.0. The molecular weight excluding hydrogens is 272 g/mol. The third kappa shape index (κ3) is 1.73. The van der Waals surface area contributed by atoms with Crippen molar-refractivity contribution in [2.24, 2.45) is 28.6 Å². The maximum Gasteiger partial charge on any atom is 0.139 e. The molecule has 2 nitrogen and oxygen atoms in total. The minimum Gasteiger partial charge on any atom is -0.299 e. The zero-order valence-corrected chi connectivity index (χ0v) is 14.2. The van der Waals surface area contributed by atoms with Gasteiger partial charge in [0.25, 0.3) is 0 Å². The summed E-state index contributed by atoms with van der Waals surface area (Å²) in [5.41, 5.74) is 3.13. The van der Waals surface area contributed by atoms with E-state index < -0.39 is 0 Å². The molecule has 0 heterocycles. The Morgan fingerprint density at radius 3 is 2.45 bits per heavy atom. The highest BCUT2D eigenvalue weighted by Crippen LogP contribution is 2.64. The lowest BCUT2D eigenvalue weighted by Gasteiger charge is -2.57. The van der Waals surface area contributed by atoms with Crippen LogP contribution in [0.5, 0.6) is 0 Å². The van der Waals surface area contributed by atoms with Crippen molar-refractivity contribution >= 4 is 11.6 Å². The third-order valence-electron chi connectivity index (χ3n) is 8.01. The second-order valence-electron chi connectivity index (χ2n) is 8.89. The first kappa shape index (κ1) is 14.7. The zero-order valence-electron chi connectivity index (χ0n) is 14.2. The van der Waals surface area contributed by atoms with Gasteiger partial charge in [-0.2, -0.15) is 0 Å². The Balaban J connectivity index is 1.76. The van der Waals surface area contributed by atoms with Gasteiger partial charge in [0.05, 0.1) is 0 Å². The van der Waals surface area contributed by atoms with Crippen LogP contribution in [0.4, 0.5) is 0 Å². The van der Waals surface area contributed by atoms with Crippen LogP contribution in [0.15, 0.2) is 11.1 Å². The molecule has 0 radical (unpaired) electrons. The van der Waals surface area contributed by atoms with E-state index in [0.717, 1.165) is 38.5 Å². The van der Waals surface area contributed by atoms with E-state index in [1.807, 2.05) is 0 Å². The van der Waals surface area contributed by atoms with Gasteiger partial charge in [0.1, 0.15) is 11.6 Å². The monoisotopic (exact) mass is 300 g/mol. The highest BCUT2D eigenvalue weighted by atomic mass is 16.1. The van der Waals surface area contributed by atoms with Crippen molar-refractivity contribution in [2.75, 3.05) is 0 Å². The number of hydrogen-bond acceptors (Lipinski definition) is 2. The van der Waals surface area contributed by atoms with Gasteiger partial charge in [0, 0.05) is 24.7 Å². The molecule has 22 heavy (non-hydrogen) atoms. The van der Waals surface area contributed by atoms with Crippen LogP contribution in [0.25, 0.3) is 0 Å². The molecule has 4 rings (SSSR count). The van der Waals surface area contributed by atoms with E-state index in [9.17, 15) is 9.59 Å². The summed E-state index contributed by atoms with van der Waals surface area (Å²) < 4.78 is 0. The number of fused-ring (bicyclic) bond motifs is 5. The third-order valence-corrected chi connectivity index (χ3v) is 8.01. The van der Waals surface area contributed by atoms with E-state index in [-0.39, 0.29) is 10.8 Å². The van der Waals surface area contributed by atoms with Gasteiger partial charge in [-0.3, -0.25) is 9.59 Å². The summed E-state index contributed by atoms with van der Waals surface area (Å²) in [6.07, 6.45) is 7.80. The lowest BCUT2D eigenvalue weighted by atomic mass is 9.47. The Morgan fingerprint density at radius 1 is 0.955 bits per heavy atom. The summed E-state index contributed by atoms with van der Waals surface area (Å²) in [7, 11) is 0. The minimum absolute atomic E-state index is 0.0419. The molecule has 0 amide bonds. The predicted molar refractivity (Wildman–Crippen MR) is 86.3 cm³/mol. The van der Waals surface area contributed by atoms with Crippen molar-refractivity contribution in [2.45, 2.75) is 72.1 Å². The first-order chi connectivity index (χ1) is 10.4. The van der Waals surface area contributed by atoms with Crippen LogP contribution in [0.2, 0.25) is 0 Å². The van der Waals surface area contributed by atoms with E-state index in [1.165, 1.54) is 17.6 Å². The van der Waals surface area contributed by atoms with Crippen LogP contribution in [0, 0.1) is 28.6 Å². The number of hydrogen-bond donors (Lipinski definition) is 0. The molecule has 5 atom stereocenters. The Hall–Kier alpha value is -0.920. The molecule has 0 bridgehead atoms. The van der Waals surface area contributed by atoms with Crippen LogP contribution in [0.1, 0.15) is 72.1 Å². The molecule has 0 aromatic rings. The summed E-state index contributed by atoms with van der Waals surface area (Å²) >= 11 is 0. The number of ketones is 2. The smallest absolute Gasteiger partial charge is 0.139 e. The van der Waals surface area contributed by atoms with Crippen LogP contribution < -0.4 is 0 Å². The van der Waals surface area contributed by atoms with Gasteiger partial charge in [-0.25, -0.2) is 0 Å². The maximum absolute atomic E-state index is 12.4. The number of allylic oxidation sites excluding steroid dienone is 2. The van der Waals surface area contributed by atoms with E-state index >= 15 is 0 Å². The topological polar surface area (TPSA) is 34.1 Å². The lowest BCUT2D eigenvalue weighted by molar-refractivity contribution is -0.132. The summed E-state index contributed by atoms with van der Waals surface area (Å²) in [4.78, 5) is 24.4. The highest BCUT2D eigenvalue weighted by Gasteiger charge is 2.59. The maximum atomic E-state index is 12.4. The first-order valence-corrected chi connectivity index (χ1v) is 9.10. The summed E-state index contributed by atoms with van der Waals surface area (Å²) in [5.74, 6) is 2.91. The predicted octanol–water partition coefficient (Wildman–Crippen LogP) is 4.48. The number of carbonyl (C=O) groups excluding carboxylic acids is 2. The summed E-state index contributed by atoms with van der Waals surface area (Å²) in [5, 5.41) is 0. The molecule has 0 N–H and O–H groups in total. The molecule has 4 aliphatic rings. The fraction of sp³-hybridized carbons (Fsp3) is 0.800. The number of carbonyl (C=O) groups is 2. The number of Topliss-reactive ketones (excluding diaryl/α,β-unsaturated/α-hetero) is 2. The van der Waals surface area contributed by atoms with Gasteiger partial charge >= 0.3 is 0 Å². The average molecular weight is 300 g/mol. The van der Waals surface area contributed by atoms with Gasteiger partial charge in [0.15, 0.2) is 0 Å². The summed E-state index contributed by atoms with van der Waals surface area (Å²) in [6, 6.07) is 0. The van der Waals surface area contributed by atoms with Gasteiger partial charge in [-0.15, -0.1) is 0 Å². The van der Waals surface area contributed by atoms with E-state index in [1.54, 1.807) is 0 Å². The zero-order chi connectivity index (χ0) is 15.7. The highest BCUT2D eigenvalue weighted by molar-refractivity contribution is 5.87. The Morgan fingerprint density at radius 2 is 1.68 bits per heavy atom. The van der Waals surface area contributed by atoms with Crippen molar-refractivity contribution in [1.29, 1.82) is 0 Å². The molecule has 3 fully saturated rings. The van der Waals surface area contributed by atoms with Crippen molar-refractivity contribution in [1.82, 2.24) is 0 Å². The van der Waals surface area contributed by atoms with E-state index in [4.69, 9.17) is 0 Å². The van der Waals surface area contributed by atoms with E-state index in [2.05, 4.69) is 20.8 Å². The molecule has 0 aromatic heterocycles. The molecule has 0 saturated heterocycles. The van der Waals surface area contributed by atoms with Gasteiger partial charge in [-0.05, 0) is 62.2 Å². The van der Waals surface area contributed by atoms with Gasteiger partial charge in [0.2, 0.25) is 0 Å². The Labute approximate surface area is 133 Å². The lowest BCUT2D eigenvalue weighted by Crippen LogP contribution is -2.50. The minimum atomic E-state index is -0.0419. The van der Waals surface area contributed by atoms with Crippen molar-refractivity contribution < 1.29 is 9.59 Å². The molecular formula is C20H28O2. The quantitative estimate of drug-likeness (QED) is 0.618. The van der Waals surface area contributed by atoms with Crippen molar-refractivity contribution in [3.8, 4) is 0 Å². The molecule has 0 aromatic carbocycles.